The number of Topliss-reactive ketones (excluding diaryl/α,β-unsaturated/α-hetero) is 1. The van der Waals surface area contributed by atoms with Crippen molar-refractivity contribution in [2.24, 2.45) is 0 Å². The van der Waals surface area contributed by atoms with Crippen molar-refractivity contribution in [3.63, 3.8) is 0 Å². The molecule has 0 bridgehead atoms. The SMILES string of the molecule is COc1ccc(OC)c([C@H]2CC(=O)C3=C(C2)NC(=O)C[C@H]3c2cccc(Cl)c2)c1. The van der Waals surface area contributed by atoms with E-state index in [9.17, 15) is 9.59 Å². The Morgan fingerprint density at radius 3 is 2.55 bits per heavy atom. The lowest BCUT2D eigenvalue weighted by atomic mass is 9.73. The number of allylic oxidation sites excluding steroid dienone is 2. The second-order valence-electron chi connectivity index (χ2n) is 7.39. The van der Waals surface area contributed by atoms with Crippen molar-refractivity contribution >= 4 is 23.3 Å². The molecule has 29 heavy (non-hydrogen) atoms. The van der Waals surface area contributed by atoms with Crippen LogP contribution in [0, 0.1) is 0 Å². The van der Waals surface area contributed by atoms with E-state index in [-0.39, 0.29) is 29.9 Å². The third kappa shape index (κ3) is 3.75. The largest absolute Gasteiger partial charge is 0.497 e. The molecule has 0 radical (unpaired) electrons. The number of carbonyl (C=O) groups excluding carboxylic acids is 2. The van der Waals surface area contributed by atoms with Crippen molar-refractivity contribution in [2.45, 2.75) is 31.1 Å². The van der Waals surface area contributed by atoms with Gasteiger partial charge in [0.1, 0.15) is 11.5 Å². The van der Waals surface area contributed by atoms with Crippen LogP contribution < -0.4 is 14.8 Å². The summed E-state index contributed by atoms with van der Waals surface area (Å²) in [4.78, 5) is 25.7. The third-order valence-corrected chi connectivity index (χ3v) is 5.90. The number of benzene rings is 2. The van der Waals surface area contributed by atoms with Crippen LogP contribution in [-0.4, -0.2) is 25.9 Å². The fourth-order valence-corrected chi connectivity index (χ4v) is 4.55. The predicted octanol–water partition coefficient (Wildman–Crippen LogP) is 4.36. The summed E-state index contributed by atoms with van der Waals surface area (Å²) in [6.45, 7) is 0. The fraction of sp³-hybridized carbons (Fsp3) is 0.304. The van der Waals surface area contributed by atoms with Crippen molar-refractivity contribution in [2.75, 3.05) is 14.2 Å². The van der Waals surface area contributed by atoms with Crippen molar-refractivity contribution < 1.29 is 19.1 Å². The summed E-state index contributed by atoms with van der Waals surface area (Å²) in [7, 11) is 3.22. The number of carbonyl (C=O) groups is 2. The van der Waals surface area contributed by atoms with Gasteiger partial charge >= 0.3 is 0 Å². The van der Waals surface area contributed by atoms with Gasteiger partial charge in [0.25, 0.3) is 0 Å². The molecule has 6 heteroatoms. The van der Waals surface area contributed by atoms with Crippen molar-refractivity contribution in [3.05, 3.63) is 69.9 Å². The van der Waals surface area contributed by atoms with E-state index in [0.29, 0.717) is 40.6 Å². The molecule has 150 valence electrons. The summed E-state index contributed by atoms with van der Waals surface area (Å²) in [5.74, 6) is 1.02. The monoisotopic (exact) mass is 411 g/mol. The van der Waals surface area contributed by atoms with Crippen LogP contribution in [0.25, 0.3) is 0 Å². The first-order chi connectivity index (χ1) is 14.0. The minimum atomic E-state index is -0.266. The number of methoxy groups -OCH3 is 2. The molecule has 2 aliphatic rings. The zero-order valence-electron chi connectivity index (χ0n) is 16.3. The highest BCUT2D eigenvalue weighted by Gasteiger charge is 2.39. The molecule has 0 fully saturated rings. The van der Waals surface area contributed by atoms with E-state index in [4.69, 9.17) is 21.1 Å². The second-order valence-corrected chi connectivity index (χ2v) is 7.82. The zero-order valence-corrected chi connectivity index (χ0v) is 17.1. The lowest BCUT2D eigenvalue weighted by Gasteiger charge is -2.35. The lowest BCUT2D eigenvalue weighted by Crippen LogP contribution is -2.38. The van der Waals surface area contributed by atoms with Gasteiger partial charge in [-0.1, -0.05) is 23.7 Å². The highest BCUT2D eigenvalue weighted by molar-refractivity contribution is 6.30. The summed E-state index contributed by atoms with van der Waals surface area (Å²) in [5.41, 5.74) is 3.21. The van der Waals surface area contributed by atoms with E-state index < -0.39 is 0 Å². The van der Waals surface area contributed by atoms with Gasteiger partial charge in [0.2, 0.25) is 5.91 Å². The minimum Gasteiger partial charge on any atom is -0.497 e. The van der Waals surface area contributed by atoms with Gasteiger partial charge < -0.3 is 14.8 Å². The second kappa shape index (κ2) is 7.91. The third-order valence-electron chi connectivity index (χ3n) is 5.66. The van der Waals surface area contributed by atoms with Crippen LogP contribution in [0.5, 0.6) is 11.5 Å². The maximum absolute atomic E-state index is 13.2. The Balaban J connectivity index is 1.74. The Kier molecular flexibility index (Phi) is 5.33. The molecule has 1 aliphatic heterocycles. The first-order valence-corrected chi connectivity index (χ1v) is 9.91. The predicted molar refractivity (Wildman–Crippen MR) is 111 cm³/mol. The molecule has 2 atom stereocenters. The van der Waals surface area contributed by atoms with Crippen LogP contribution in [0.2, 0.25) is 5.02 Å². The summed E-state index contributed by atoms with van der Waals surface area (Å²) in [6.07, 6.45) is 1.17. The molecule has 0 aromatic heterocycles. The summed E-state index contributed by atoms with van der Waals surface area (Å²) < 4.78 is 10.9. The first-order valence-electron chi connectivity index (χ1n) is 9.53. The fourth-order valence-electron chi connectivity index (χ4n) is 4.35. The average Bonchev–Trinajstić information content (AvgIpc) is 2.72. The zero-order chi connectivity index (χ0) is 20.5. The molecular formula is C23H22ClNO4. The van der Waals surface area contributed by atoms with Crippen LogP contribution >= 0.6 is 11.6 Å². The number of ether oxygens (including phenoxy) is 2. The Bertz CT molecular complexity index is 1010. The number of hydrogen-bond donors (Lipinski definition) is 1. The Morgan fingerprint density at radius 2 is 1.83 bits per heavy atom. The van der Waals surface area contributed by atoms with E-state index in [2.05, 4.69) is 5.32 Å². The lowest BCUT2D eigenvalue weighted by molar-refractivity contribution is -0.122. The van der Waals surface area contributed by atoms with Crippen LogP contribution in [0.3, 0.4) is 0 Å². The molecule has 1 heterocycles. The molecule has 1 amide bonds. The van der Waals surface area contributed by atoms with Gasteiger partial charge in [0.05, 0.1) is 14.2 Å². The number of nitrogens with one attached hydrogen (secondary N) is 1. The van der Waals surface area contributed by atoms with Crippen LogP contribution in [0.15, 0.2) is 53.7 Å². The number of amides is 1. The van der Waals surface area contributed by atoms with Crippen molar-refractivity contribution in [1.29, 1.82) is 0 Å². The Hall–Kier alpha value is -2.79. The van der Waals surface area contributed by atoms with Gasteiger partial charge in [-0.2, -0.15) is 0 Å². The van der Waals surface area contributed by atoms with Crippen LogP contribution in [-0.2, 0) is 9.59 Å². The number of rotatable bonds is 4. The summed E-state index contributed by atoms with van der Waals surface area (Å²) in [6, 6.07) is 13.0. The van der Waals surface area contributed by atoms with Crippen molar-refractivity contribution in [1.82, 2.24) is 5.32 Å². The highest BCUT2D eigenvalue weighted by Crippen LogP contribution is 2.45. The van der Waals surface area contributed by atoms with Gasteiger partial charge in [-0.25, -0.2) is 0 Å². The standard InChI is InChI=1S/C23H22ClNO4/c1-28-16-6-7-21(29-2)17(11-16)14-9-19-23(20(26)10-14)18(12-22(27)25-19)13-4-3-5-15(24)8-13/h3-8,11,14,18H,9-10,12H2,1-2H3,(H,25,27)/t14-,18+/m1/s1. The topological polar surface area (TPSA) is 64.6 Å². The maximum atomic E-state index is 13.2. The number of ketones is 1. The van der Waals surface area contributed by atoms with Crippen molar-refractivity contribution in [3.8, 4) is 11.5 Å². The number of halogens is 1. The van der Waals surface area contributed by atoms with E-state index in [0.717, 1.165) is 11.1 Å². The minimum absolute atomic E-state index is 0.0473. The van der Waals surface area contributed by atoms with Gasteiger partial charge in [0.15, 0.2) is 5.78 Å². The average molecular weight is 412 g/mol. The van der Waals surface area contributed by atoms with Gasteiger partial charge in [0, 0.05) is 46.5 Å². The van der Waals surface area contributed by atoms with Crippen LogP contribution in [0.1, 0.15) is 42.2 Å². The summed E-state index contributed by atoms with van der Waals surface area (Å²) >= 11 is 6.15. The Morgan fingerprint density at radius 1 is 1.00 bits per heavy atom. The first kappa shape index (κ1) is 19.5. The molecule has 2 aromatic carbocycles. The molecular weight excluding hydrogens is 390 g/mol. The molecule has 0 saturated carbocycles. The normalized spacial score (nSPS) is 21.5. The quantitative estimate of drug-likeness (QED) is 0.811. The molecule has 0 spiro atoms. The molecule has 2 aromatic rings. The van der Waals surface area contributed by atoms with E-state index >= 15 is 0 Å². The molecule has 0 saturated heterocycles. The van der Waals surface area contributed by atoms with E-state index in [1.807, 2.05) is 36.4 Å². The molecule has 4 rings (SSSR count). The van der Waals surface area contributed by atoms with Gasteiger partial charge in [-0.05, 0) is 42.3 Å². The molecule has 1 aliphatic carbocycles. The van der Waals surface area contributed by atoms with E-state index in [1.165, 1.54) is 0 Å². The smallest absolute Gasteiger partial charge is 0.225 e. The van der Waals surface area contributed by atoms with E-state index in [1.54, 1.807) is 20.3 Å². The highest BCUT2D eigenvalue weighted by atomic mass is 35.5. The van der Waals surface area contributed by atoms with Gasteiger partial charge in [-0.15, -0.1) is 0 Å². The van der Waals surface area contributed by atoms with Crippen LogP contribution in [0.4, 0.5) is 0 Å². The Labute approximate surface area is 174 Å². The molecule has 1 N–H and O–H groups in total. The summed E-state index contributed by atoms with van der Waals surface area (Å²) in [5, 5.41) is 3.54. The molecule has 5 nitrogen and oxygen atoms in total. The molecule has 0 unspecified atom stereocenters. The maximum Gasteiger partial charge on any atom is 0.225 e. The number of hydrogen-bond acceptors (Lipinski definition) is 4. The van der Waals surface area contributed by atoms with Gasteiger partial charge in [-0.3, -0.25) is 9.59 Å².